The zero-order valence-electron chi connectivity index (χ0n) is 12.9. The predicted molar refractivity (Wildman–Crippen MR) is 84.0 cm³/mol. The molecule has 0 saturated heterocycles. The molecule has 1 aromatic carbocycles. The lowest BCUT2D eigenvalue weighted by Gasteiger charge is -2.20. The number of esters is 1. The molecule has 20 heavy (non-hydrogen) atoms. The molecule has 4 nitrogen and oxygen atoms in total. The van der Waals surface area contributed by atoms with Gasteiger partial charge in [-0.3, -0.25) is 0 Å². The normalized spacial score (nSPS) is 13.6. The first-order valence-electron chi connectivity index (χ1n) is 7.31. The summed E-state index contributed by atoms with van der Waals surface area (Å²) >= 11 is 0. The highest BCUT2D eigenvalue weighted by Gasteiger charge is 2.15. The van der Waals surface area contributed by atoms with Gasteiger partial charge in [-0.1, -0.05) is 26.3 Å². The van der Waals surface area contributed by atoms with Crippen molar-refractivity contribution in [1.29, 1.82) is 0 Å². The average Bonchev–Trinajstić information content (AvgIpc) is 2.41. The van der Waals surface area contributed by atoms with Crippen LogP contribution in [0.1, 0.15) is 50.9 Å². The molecular weight excluding hydrogens is 252 g/mol. The number of hydrogen-bond donors (Lipinski definition) is 2. The SMILES string of the molecule is CCOC(=O)c1cccc(NC(C)CC(C)CC)c1N. The third-order valence-corrected chi connectivity index (χ3v) is 3.46. The van der Waals surface area contributed by atoms with Gasteiger partial charge < -0.3 is 15.8 Å². The molecule has 0 aliphatic carbocycles. The van der Waals surface area contributed by atoms with Crippen LogP contribution in [-0.2, 0) is 4.74 Å². The Bertz CT molecular complexity index is 446. The number of rotatable bonds is 7. The first kappa shape index (κ1) is 16.3. The van der Waals surface area contributed by atoms with Crippen LogP contribution >= 0.6 is 0 Å². The molecule has 0 aliphatic rings. The maximum atomic E-state index is 11.8. The van der Waals surface area contributed by atoms with Gasteiger partial charge in [-0.05, 0) is 38.3 Å². The molecular formula is C16H26N2O2. The highest BCUT2D eigenvalue weighted by molar-refractivity contribution is 5.98. The summed E-state index contributed by atoms with van der Waals surface area (Å²) in [6.07, 6.45) is 2.23. The molecule has 0 amide bonds. The van der Waals surface area contributed by atoms with E-state index >= 15 is 0 Å². The molecule has 0 spiro atoms. The van der Waals surface area contributed by atoms with Crippen LogP contribution in [0.2, 0.25) is 0 Å². The van der Waals surface area contributed by atoms with Crippen molar-refractivity contribution >= 4 is 17.3 Å². The summed E-state index contributed by atoms with van der Waals surface area (Å²) in [7, 11) is 0. The van der Waals surface area contributed by atoms with Gasteiger partial charge in [0.25, 0.3) is 0 Å². The van der Waals surface area contributed by atoms with Crippen molar-refractivity contribution < 1.29 is 9.53 Å². The van der Waals surface area contributed by atoms with Crippen molar-refractivity contribution in [1.82, 2.24) is 0 Å². The third-order valence-electron chi connectivity index (χ3n) is 3.46. The van der Waals surface area contributed by atoms with E-state index < -0.39 is 0 Å². The second-order valence-corrected chi connectivity index (χ2v) is 5.28. The second kappa shape index (κ2) is 7.78. The van der Waals surface area contributed by atoms with Gasteiger partial charge in [0, 0.05) is 6.04 Å². The Hall–Kier alpha value is -1.71. The lowest BCUT2D eigenvalue weighted by molar-refractivity contribution is 0.0527. The topological polar surface area (TPSA) is 64.3 Å². The number of nitrogens with two attached hydrogens (primary N) is 1. The van der Waals surface area contributed by atoms with Crippen molar-refractivity contribution in [3.63, 3.8) is 0 Å². The third kappa shape index (κ3) is 4.44. The molecule has 0 aromatic heterocycles. The van der Waals surface area contributed by atoms with Gasteiger partial charge in [-0.15, -0.1) is 0 Å². The summed E-state index contributed by atoms with van der Waals surface area (Å²) in [5.41, 5.74) is 7.74. The van der Waals surface area contributed by atoms with Gasteiger partial charge in [-0.25, -0.2) is 4.79 Å². The Morgan fingerprint density at radius 1 is 1.35 bits per heavy atom. The van der Waals surface area contributed by atoms with E-state index in [1.165, 1.54) is 0 Å². The van der Waals surface area contributed by atoms with Crippen molar-refractivity contribution in [2.45, 2.75) is 46.6 Å². The zero-order valence-corrected chi connectivity index (χ0v) is 12.9. The summed E-state index contributed by atoms with van der Waals surface area (Å²) < 4.78 is 5.00. The van der Waals surface area contributed by atoms with Crippen LogP contribution in [-0.4, -0.2) is 18.6 Å². The van der Waals surface area contributed by atoms with Crippen LogP contribution in [0.25, 0.3) is 0 Å². The van der Waals surface area contributed by atoms with Crippen LogP contribution in [0.3, 0.4) is 0 Å². The van der Waals surface area contributed by atoms with Gasteiger partial charge in [-0.2, -0.15) is 0 Å². The molecule has 0 radical (unpaired) electrons. The van der Waals surface area contributed by atoms with Crippen molar-refractivity contribution in [2.75, 3.05) is 17.7 Å². The summed E-state index contributed by atoms with van der Waals surface area (Å²) in [5.74, 6) is 0.287. The molecule has 1 aromatic rings. The van der Waals surface area contributed by atoms with Gasteiger partial charge in [0.1, 0.15) is 0 Å². The summed E-state index contributed by atoms with van der Waals surface area (Å²) in [6, 6.07) is 5.72. The van der Waals surface area contributed by atoms with E-state index in [4.69, 9.17) is 10.5 Å². The number of para-hydroxylation sites is 1. The van der Waals surface area contributed by atoms with E-state index in [0.29, 0.717) is 29.8 Å². The maximum absolute atomic E-state index is 11.8. The molecule has 0 aliphatic heterocycles. The standard InChI is InChI=1S/C16H26N2O2/c1-5-11(3)10-12(4)18-14-9-7-8-13(15(14)17)16(19)20-6-2/h7-9,11-12,18H,5-6,10,17H2,1-4H3. The van der Waals surface area contributed by atoms with Crippen molar-refractivity contribution in [3.8, 4) is 0 Å². The predicted octanol–water partition coefficient (Wildman–Crippen LogP) is 3.68. The first-order chi connectivity index (χ1) is 9.49. The molecule has 0 bridgehead atoms. The lowest BCUT2D eigenvalue weighted by atomic mass is 10.00. The Morgan fingerprint density at radius 3 is 2.65 bits per heavy atom. The maximum Gasteiger partial charge on any atom is 0.340 e. The molecule has 3 N–H and O–H groups in total. The highest BCUT2D eigenvalue weighted by Crippen LogP contribution is 2.25. The van der Waals surface area contributed by atoms with E-state index in [2.05, 4.69) is 26.1 Å². The van der Waals surface area contributed by atoms with Gasteiger partial charge >= 0.3 is 5.97 Å². The fraction of sp³-hybridized carbons (Fsp3) is 0.562. The Kier molecular flexibility index (Phi) is 6.36. The largest absolute Gasteiger partial charge is 0.462 e. The molecule has 0 fully saturated rings. The van der Waals surface area contributed by atoms with Crippen LogP contribution in [0.4, 0.5) is 11.4 Å². The van der Waals surface area contributed by atoms with Crippen LogP contribution in [0, 0.1) is 5.92 Å². The van der Waals surface area contributed by atoms with Crippen LogP contribution in [0.15, 0.2) is 18.2 Å². The van der Waals surface area contributed by atoms with E-state index in [-0.39, 0.29) is 5.97 Å². The highest BCUT2D eigenvalue weighted by atomic mass is 16.5. The summed E-state index contributed by atoms with van der Waals surface area (Å²) in [5, 5.41) is 3.38. The molecule has 112 valence electrons. The fourth-order valence-electron chi connectivity index (χ4n) is 2.17. The zero-order chi connectivity index (χ0) is 15.1. The van der Waals surface area contributed by atoms with Crippen molar-refractivity contribution in [3.05, 3.63) is 23.8 Å². The number of carbonyl (C=O) groups is 1. The minimum Gasteiger partial charge on any atom is -0.462 e. The number of benzene rings is 1. The van der Waals surface area contributed by atoms with E-state index in [1.807, 2.05) is 12.1 Å². The van der Waals surface area contributed by atoms with E-state index in [1.54, 1.807) is 13.0 Å². The smallest absolute Gasteiger partial charge is 0.340 e. The first-order valence-corrected chi connectivity index (χ1v) is 7.31. The number of ether oxygens (including phenoxy) is 1. The molecule has 2 atom stereocenters. The van der Waals surface area contributed by atoms with E-state index in [9.17, 15) is 4.79 Å². The molecule has 2 unspecified atom stereocenters. The van der Waals surface area contributed by atoms with Crippen molar-refractivity contribution in [2.24, 2.45) is 5.92 Å². The number of nitrogens with one attached hydrogen (secondary N) is 1. The molecule has 1 rings (SSSR count). The van der Waals surface area contributed by atoms with Gasteiger partial charge in [0.2, 0.25) is 0 Å². The molecule has 4 heteroatoms. The summed E-state index contributed by atoms with van der Waals surface area (Å²) in [4.78, 5) is 11.8. The second-order valence-electron chi connectivity index (χ2n) is 5.28. The number of anilines is 2. The van der Waals surface area contributed by atoms with E-state index in [0.717, 1.165) is 18.5 Å². The Labute approximate surface area is 121 Å². The lowest BCUT2D eigenvalue weighted by Crippen LogP contribution is -2.20. The van der Waals surface area contributed by atoms with Gasteiger partial charge in [0.05, 0.1) is 23.5 Å². The fourth-order valence-corrected chi connectivity index (χ4v) is 2.17. The quantitative estimate of drug-likeness (QED) is 0.590. The number of nitrogen functional groups attached to an aromatic ring is 1. The van der Waals surface area contributed by atoms with Gasteiger partial charge in [0.15, 0.2) is 0 Å². The van der Waals surface area contributed by atoms with Crippen LogP contribution < -0.4 is 11.1 Å². The van der Waals surface area contributed by atoms with Crippen LogP contribution in [0.5, 0.6) is 0 Å². The Morgan fingerprint density at radius 2 is 2.05 bits per heavy atom. The monoisotopic (exact) mass is 278 g/mol. The number of hydrogen-bond acceptors (Lipinski definition) is 4. The molecule has 0 saturated carbocycles. The minimum atomic E-state index is -0.372. The summed E-state index contributed by atoms with van der Waals surface area (Å²) in [6.45, 7) is 8.68. The average molecular weight is 278 g/mol. The minimum absolute atomic E-state index is 0.310. The molecule has 0 heterocycles. The Balaban J connectivity index is 2.81. The number of carbonyl (C=O) groups excluding carboxylic acids is 1.